The van der Waals surface area contributed by atoms with E-state index in [0.29, 0.717) is 17.4 Å². The molecule has 0 radical (unpaired) electrons. The van der Waals surface area contributed by atoms with Gasteiger partial charge >= 0.3 is 0 Å². The molecule has 6 nitrogen and oxygen atoms in total. The monoisotopic (exact) mass is 312 g/mol. The van der Waals surface area contributed by atoms with E-state index in [9.17, 15) is 4.79 Å². The van der Waals surface area contributed by atoms with E-state index in [1.54, 1.807) is 0 Å². The second-order valence-corrected chi connectivity index (χ2v) is 5.63. The van der Waals surface area contributed by atoms with Crippen LogP contribution in [0.5, 0.6) is 5.88 Å². The number of aromatic nitrogens is 1. The average molecular weight is 313 g/mol. The average Bonchev–Trinajstić information content (AvgIpc) is 2.44. The van der Waals surface area contributed by atoms with Crippen LogP contribution in [0.3, 0.4) is 0 Å². The quantitative estimate of drug-likeness (QED) is 0.770. The maximum absolute atomic E-state index is 11.4. The molecule has 0 aromatic carbocycles. The molecule has 1 aliphatic rings. The number of primary amides is 1. The first-order chi connectivity index (χ1) is 10.0. The third-order valence-electron chi connectivity index (χ3n) is 3.60. The molecule has 1 amide bonds. The van der Waals surface area contributed by atoms with Gasteiger partial charge in [-0.3, -0.25) is 4.79 Å². The van der Waals surface area contributed by atoms with Crippen molar-refractivity contribution in [2.24, 2.45) is 11.5 Å². The number of amides is 1. The number of nitrogens with one attached hydrogen (secondary N) is 1. The molecule has 1 fully saturated rings. The summed E-state index contributed by atoms with van der Waals surface area (Å²) in [5, 5.41) is 3.67. The molecule has 0 spiro atoms. The highest BCUT2D eigenvalue weighted by atomic mass is 35.5. The van der Waals surface area contributed by atoms with E-state index >= 15 is 0 Å². The lowest BCUT2D eigenvalue weighted by molar-refractivity contribution is 0.0996. The fourth-order valence-corrected chi connectivity index (χ4v) is 2.66. The second kappa shape index (κ2) is 6.95. The summed E-state index contributed by atoms with van der Waals surface area (Å²) in [5.74, 6) is 0.123. The zero-order valence-electron chi connectivity index (χ0n) is 12.1. The van der Waals surface area contributed by atoms with Gasteiger partial charge in [0.2, 0.25) is 5.88 Å². The second-order valence-electron chi connectivity index (χ2n) is 5.22. The molecule has 0 atom stereocenters. The predicted octanol–water partition coefficient (Wildman–Crippen LogP) is 1.91. The van der Waals surface area contributed by atoms with Gasteiger partial charge < -0.3 is 21.5 Å². The molecule has 0 saturated heterocycles. The van der Waals surface area contributed by atoms with Crippen LogP contribution in [0.4, 0.5) is 5.82 Å². The Labute approximate surface area is 129 Å². The van der Waals surface area contributed by atoms with E-state index in [1.807, 2.05) is 6.92 Å². The lowest BCUT2D eigenvalue weighted by atomic mass is 9.92. The zero-order valence-corrected chi connectivity index (χ0v) is 12.8. The Morgan fingerprint density at radius 2 is 2.14 bits per heavy atom. The third-order valence-corrected chi connectivity index (χ3v) is 3.89. The molecule has 0 aliphatic heterocycles. The van der Waals surface area contributed by atoms with E-state index in [4.69, 9.17) is 27.8 Å². The highest BCUT2D eigenvalue weighted by molar-refractivity contribution is 6.33. The largest absolute Gasteiger partial charge is 0.477 e. The molecule has 0 unspecified atom stereocenters. The summed E-state index contributed by atoms with van der Waals surface area (Å²) in [7, 11) is 0. The van der Waals surface area contributed by atoms with Gasteiger partial charge in [-0.1, -0.05) is 11.6 Å². The number of carbonyl (C=O) groups excluding carboxylic acids is 1. The zero-order chi connectivity index (χ0) is 15.4. The highest BCUT2D eigenvalue weighted by Crippen LogP contribution is 2.29. The Bertz CT molecular complexity index is 516. The summed E-state index contributed by atoms with van der Waals surface area (Å²) in [5.41, 5.74) is 11.4. The van der Waals surface area contributed by atoms with Gasteiger partial charge in [-0.05, 0) is 38.7 Å². The minimum absolute atomic E-state index is 0.193. The number of nitrogens with two attached hydrogens (primary N) is 2. The predicted molar refractivity (Wildman–Crippen MR) is 82.8 cm³/mol. The van der Waals surface area contributed by atoms with Crippen LogP contribution in [0.2, 0.25) is 5.02 Å². The van der Waals surface area contributed by atoms with Gasteiger partial charge in [0.1, 0.15) is 11.4 Å². The molecule has 5 N–H and O–H groups in total. The van der Waals surface area contributed by atoms with Crippen LogP contribution in [0.15, 0.2) is 6.07 Å². The van der Waals surface area contributed by atoms with E-state index in [0.717, 1.165) is 25.7 Å². The van der Waals surface area contributed by atoms with Gasteiger partial charge in [-0.2, -0.15) is 4.98 Å². The van der Waals surface area contributed by atoms with Crippen molar-refractivity contribution in [3.8, 4) is 5.88 Å². The Hall–Kier alpha value is -1.53. The van der Waals surface area contributed by atoms with Gasteiger partial charge in [0, 0.05) is 12.1 Å². The van der Waals surface area contributed by atoms with Gasteiger partial charge in [-0.15, -0.1) is 0 Å². The number of nitrogens with zero attached hydrogens (tertiary/aromatic N) is 1. The number of carbonyl (C=O) groups is 1. The van der Waals surface area contributed by atoms with Gasteiger partial charge in [0.05, 0.1) is 11.6 Å². The lowest BCUT2D eigenvalue weighted by Crippen LogP contribution is -2.33. The van der Waals surface area contributed by atoms with Crippen molar-refractivity contribution in [3.63, 3.8) is 0 Å². The number of hydrogen-bond acceptors (Lipinski definition) is 5. The minimum Gasteiger partial charge on any atom is -0.477 e. The van der Waals surface area contributed by atoms with Crippen molar-refractivity contribution >= 4 is 23.3 Å². The normalized spacial score (nSPS) is 21.9. The number of halogens is 1. The summed E-state index contributed by atoms with van der Waals surface area (Å²) in [4.78, 5) is 15.7. The number of rotatable bonds is 5. The SMILES string of the molecule is CCOc1nc(NC2CCC(N)CC2)c(Cl)cc1C(N)=O. The van der Waals surface area contributed by atoms with Crippen molar-refractivity contribution in [1.29, 1.82) is 0 Å². The summed E-state index contributed by atoms with van der Waals surface area (Å²) >= 11 is 6.18. The van der Waals surface area contributed by atoms with Crippen molar-refractivity contribution < 1.29 is 9.53 Å². The molecule has 0 bridgehead atoms. The van der Waals surface area contributed by atoms with E-state index < -0.39 is 5.91 Å². The molecule has 1 aliphatic carbocycles. The first kappa shape index (κ1) is 15.9. The Morgan fingerprint density at radius 3 is 2.71 bits per heavy atom. The smallest absolute Gasteiger partial charge is 0.254 e. The molecule has 7 heteroatoms. The van der Waals surface area contributed by atoms with Crippen molar-refractivity contribution in [2.45, 2.75) is 44.7 Å². The van der Waals surface area contributed by atoms with Crippen LogP contribution >= 0.6 is 11.6 Å². The van der Waals surface area contributed by atoms with Gasteiger partial charge in [-0.25, -0.2) is 0 Å². The number of ether oxygens (including phenoxy) is 1. The molecule has 1 aromatic heterocycles. The summed E-state index contributed by atoms with van der Waals surface area (Å²) in [6, 6.07) is 2.06. The Morgan fingerprint density at radius 1 is 1.48 bits per heavy atom. The number of pyridine rings is 1. The van der Waals surface area contributed by atoms with Crippen LogP contribution in [0.1, 0.15) is 43.0 Å². The van der Waals surface area contributed by atoms with Crippen LogP contribution in [0, 0.1) is 0 Å². The Kier molecular flexibility index (Phi) is 5.25. The van der Waals surface area contributed by atoms with Crippen LogP contribution in [-0.2, 0) is 0 Å². The third kappa shape index (κ3) is 3.98. The first-order valence-corrected chi connectivity index (χ1v) is 7.54. The van der Waals surface area contributed by atoms with Crippen molar-refractivity contribution in [1.82, 2.24) is 4.98 Å². The molecule has 1 saturated carbocycles. The maximum atomic E-state index is 11.4. The maximum Gasteiger partial charge on any atom is 0.254 e. The summed E-state index contributed by atoms with van der Waals surface area (Å²) < 4.78 is 5.37. The molecule has 21 heavy (non-hydrogen) atoms. The van der Waals surface area contributed by atoms with Crippen LogP contribution in [0.25, 0.3) is 0 Å². The summed E-state index contributed by atoms with van der Waals surface area (Å²) in [6.45, 7) is 2.21. The fraction of sp³-hybridized carbons (Fsp3) is 0.571. The van der Waals surface area contributed by atoms with E-state index in [1.165, 1.54) is 6.07 Å². The van der Waals surface area contributed by atoms with Gasteiger partial charge in [0.15, 0.2) is 0 Å². The molecule has 1 aromatic rings. The van der Waals surface area contributed by atoms with Gasteiger partial charge in [0.25, 0.3) is 5.91 Å². The molecule has 116 valence electrons. The van der Waals surface area contributed by atoms with Crippen LogP contribution < -0.4 is 21.5 Å². The summed E-state index contributed by atoms with van der Waals surface area (Å²) in [6.07, 6.45) is 3.90. The molecular weight excluding hydrogens is 292 g/mol. The topological polar surface area (TPSA) is 103 Å². The first-order valence-electron chi connectivity index (χ1n) is 7.16. The lowest BCUT2D eigenvalue weighted by Gasteiger charge is -2.27. The Balaban J connectivity index is 2.19. The molecule has 2 rings (SSSR count). The number of hydrogen-bond donors (Lipinski definition) is 3. The molecular formula is C14H21ClN4O2. The fourth-order valence-electron chi connectivity index (χ4n) is 2.45. The van der Waals surface area contributed by atoms with E-state index in [-0.39, 0.29) is 23.5 Å². The van der Waals surface area contributed by atoms with Crippen molar-refractivity contribution in [3.05, 3.63) is 16.7 Å². The minimum atomic E-state index is -0.608. The molecule has 1 heterocycles. The van der Waals surface area contributed by atoms with Crippen LogP contribution in [-0.4, -0.2) is 29.6 Å². The van der Waals surface area contributed by atoms with E-state index in [2.05, 4.69) is 10.3 Å². The number of anilines is 1. The standard InChI is InChI=1S/C14H21ClN4O2/c1-2-21-14-10(12(17)20)7-11(15)13(19-14)18-9-5-3-8(16)4-6-9/h7-9H,2-6,16H2,1H3,(H2,17,20)(H,18,19). The van der Waals surface area contributed by atoms with Crippen molar-refractivity contribution in [2.75, 3.05) is 11.9 Å². The highest BCUT2D eigenvalue weighted by Gasteiger charge is 2.21.